The van der Waals surface area contributed by atoms with E-state index in [4.69, 9.17) is 20.4 Å². The molecule has 0 aromatic carbocycles. The zero-order valence-electron chi connectivity index (χ0n) is 19.4. The summed E-state index contributed by atoms with van der Waals surface area (Å²) in [6.07, 6.45) is 10.2. The Bertz CT molecular complexity index is 1160. The smallest absolute Gasteiger partial charge is 0.232 e. The van der Waals surface area contributed by atoms with Crippen LogP contribution < -0.4 is 15.8 Å². The van der Waals surface area contributed by atoms with E-state index in [1.165, 1.54) is 4.88 Å². The Balaban J connectivity index is 1.49. The molecule has 1 atom stereocenters. The number of aromatic nitrogens is 4. The van der Waals surface area contributed by atoms with Gasteiger partial charge >= 0.3 is 0 Å². The van der Waals surface area contributed by atoms with Crippen LogP contribution in [0.25, 0.3) is 10.2 Å². The van der Waals surface area contributed by atoms with E-state index in [9.17, 15) is 4.79 Å². The second-order valence-corrected chi connectivity index (χ2v) is 10.5. The monoisotopic (exact) mass is 469 g/mol. The van der Waals surface area contributed by atoms with E-state index < -0.39 is 0 Å². The number of thiophene rings is 1. The molecule has 0 bridgehead atoms. The zero-order valence-corrected chi connectivity index (χ0v) is 20.2. The summed E-state index contributed by atoms with van der Waals surface area (Å²) in [6.45, 7) is 0. The Kier molecular flexibility index (Phi) is 5.96. The van der Waals surface area contributed by atoms with Gasteiger partial charge in [-0.25, -0.2) is 4.98 Å². The van der Waals surface area contributed by atoms with Crippen molar-refractivity contribution in [3.8, 4) is 5.88 Å². The summed E-state index contributed by atoms with van der Waals surface area (Å²) in [4.78, 5) is 26.0. The minimum Gasteiger partial charge on any atom is -0.474 e. The Hall–Kier alpha value is -2.72. The highest BCUT2D eigenvalue weighted by Crippen LogP contribution is 2.42. The van der Waals surface area contributed by atoms with E-state index >= 15 is 0 Å². The molecule has 0 radical (unpaired) electrons. The highest BCUT2D eigenvalue weighted by molar-refractivity contribution is 7.18. The first-order chi connectivity index (χ1) is 15.9. The van der Waals surface area contributed by atoms with Crippen LogP contribution in [0.3, 0.4) is 0 Å². The molecule has 2 aliphatic rings. The molecule has 3 aromatic rings. The molecule has 5 rings (SSSR count). The third-order valence-electron chi connectivity index (χ3n) is 6.89. The maximum absolute atomic E-state index is 11.9. The summed E-state index contributed by atoms with van der Waals surface area (Å²) in [5, 5.41) is 8.43. The number of fused-ring (bicyclic) bond motifs is 3. The fourth-order valence-corrected chi connectivity index (χ4v) is 6.18. The van der Waals surface area contributed by atoms with E-state index in [0.717, 1.165) is 60.0 Å². The minimum atomic E-state index is -0.236. The van der Waals surface area contributed by atoms with E-state index in [-0.39, 0.29) is 17.9 Å². The molecule has 1 amide bonds. The molecule has 2 aliphatic carbocycles. The van der Waals surface area contributed by atoms with Gasteiger partial charge in [0.15, 0.2) is 0 Å². The number of hydrogen-bond acceptors (Lipinski definition) is 8. The van der Waals surface area contributed by atoms with E-state index in [1.54, 1.807) is 22.2 Å². The van der Waals surface area contributed by atoms with Gasteiger partial charge in [-0.15, -0.1) is 11.3 Å². The molecule has 0 spiro atoms. The van der Waals surface area contributed by atoms with Gasteiger partial charge in [-0.3, -0.25) is 9.48 Å². The lowest BCUT2D eigenvalue weighted by atomic mass is 9.87. The number of aryl methyl sites for hydroxylation is 2. The number of ether oxygens (including phenoxy) is 1. The maximum Gasteiger partial charge on any atom is 0.232 e. The molecule has 9 nitrogen and oxygen atoms in total. The van der Waals surface area contributed by atoms with Gasteiger partial charge in [-0.1, -0.05) is 0 Å². The number of nitrogens with zero attached hydrogens (tertiary/aromatic N) is 5. The van der Waals surface area contributed by atoms with Gasteiger partial charge in [0, 0.05) is 30.1 Å². The topological polar surface area (TPSA) is 111 Å². The minimum absolute atomic E-state index is 0.122. The van der Waals surface area contributed by atoms with Gasteiger partial charge < -0.3 is 20.7 Å². The van der Waals surface area contributed by atoms with Crippen LogP contribution in [0.4, 0.5) is 11.6 Å². The van der Waals surface area contributed by atoms with Crippen molar-refractivity contribution in [2.24, 2.45) is 18.7 Å². The van der Waals surface area contributed by atoms with Gasteiger partial charge in [-0.05, 0) is 64.6 Å². The first-order valence-electron chi connectivity index (χ1n) is 11.6. The van der Waals surface area contributed by atoms with Gasteiger partial charge in [0.2, 0.25) is 17.7 Å². The highest BCUT2D eigenvalue weighted by Gasteiger charge is 2.31. The lowest BCUT2D eigenvalue weighted by molar-refractivity contribution is -0.122. The van der Waals surface area contributed by atoms with Gasteiger partial charge in [-0.2, -0.15) is 10.1 Å². The van der Waals surface area contributed by atoms with Crippen molar-refractivity contribution in [2.75, 3.05) is 19.4 Å². The van der Waals surface area contributed by atoms with Crippen LogP contribution in [-0.2, 0) is 24.7 Å². The summed E-state index contributed by atoms with van der Waals surface area (Å²) in [6, 6.07) is 0.600. The van der Waals surface area contributed by atoms with Crippen molar-refractivity contribution in [3.63, 3.8) is 0 Å². The number of rotatable bonds is 6. The summed E-state index contributed by atoms with van der Waals surface area (Å²) in [5.74, 6) is 0.729. The summed E-state index contributed by atoms with van der Waals surface area (Å²) >= 11 is 1.67. The quantitative estimate of drug-likeness (QED) is 0.571. The van der Waals surface area contributed by atoms with Crippen LogP contribution in [0.2, 0.25) is 0 Å². The molecule has 1 saturated carbocycles. The Labute approximate surface area is 197 Å². The molecule has 0 aliphatic heterocycles. The van der Waals surface area contributed by atoms with Crippen LogP contribution in [0, 0.1) is 5.92 Å². The standard InChI is InChI=1S/C23H31N7O2S/c1-29(2)15-5-7-16(8-6-15)32-21-19-17-10-13(20(24)31)4-9-18(17)33-22(19)28-23(27-21)26-14-11-25-30(3)12-14/h11-13,15-16H,4-10H2,1-3H3,(H2,24,31)(H,26,27,28)/t13-,15-,16-/m0/s1. The molecule has 3 N–H and O–H groups in total. The normalized spacial score (nSPS) is 23.0. The fourth-order valence-electron chi connectivity index (χ4n) is 4.98. The first-order valence-corrected chi connectivity index (χ1v) is 12.4. The third-order valence-corrected chi connectivity index (χ3v) is 8.07. The molecule has 3 aromatic heterocycles. The number of amides is 1. The van der Waals surface area contributed by atoms with E-state index in [1.807, 2.05) is 13.2 Å². The number of hydrogen-bond donors (Lipinski definition) is 2. The van der Waals surface area contributed by atoms with Crippen LogP contribution in [-0.4, -0.2) is 56.8 Å². The van der Waals surface area contributed by atoms with Crippen molar-refractivity contribution >= 4 is 39.1 Å². The summed E-state index contributed by atoms with van der Waals surface area (Å²) in [7, 11) is 6.16. The van der Waals surface area contributed by atoms with Crippen molar-refractivity contribution in [1.29, 1.82) is 0 Å². The average Bonchev–Trinajstić information content (AvgIpc) is 3.36. The van der Waals surface area contributed by atoms with Crippen LogP contribution >= 0.6 is 11.3 Å². The van der Waals surface area contributed by atoms with Crippen molar-refractivity contribution in [1.82, 2.24) is 24.6 Å². The number of nitrogens with one attached hydrogen (secondary N) is 1. The lowest BCUT2D eigenvalue weighted by Crippen LogP contribution is -2.35. The molecule has 0 unspecified atom stereocenters. The Morgan fingerprint density at radius 3 is 2.70 bits per heavy atom. The van der Waals surface area contributed by atoms with Crippen LogP contribution in [0.5, 0.6) is 5.88 Å². The number of anilines is 2. The fraction of sp³-hybridized carbons (Fsp3) is 0.565. The molecule has 3 heterocycles. The van der Waals surface area contributed by atoms with Crippen molar-refractivity contribution in [2.45, 2.75) is 57.1 Å². The number of carbonyl (C=O) groups excluding carboxylic acids is 1. The molecule has 0 saturated heterocycles. The second kappa shape index (κ2) is 8.90. The van der Waals surface area contributed by atoms with Crippen LogP contribution in [0.15, 0.2) is 12.4 Å². The molecule has 10 heteroatoms. The Morgan fingerprint density at radius 1 is 1.24 bits per heavy atom. The molecule has 33 heavy (non-hydrogen) atoms. The number of primary amides is 1. The average molecular weight is 470 g/mol. The molecular weight excluding hydrogens is 438 g/mol. The van der Waals surface area contributed by atoms with Gasteiger partial charge in [0.05, 0.1) is 17.3 Å². The molecule has 176 valence electrons. The SMILES string of the molecule is Cn1cc(Nc2nc(O[C@H]3CC[C@H](N(C)C)CC3)c3c4c(sc3n2)CC[C@H](C(N)=O)C4)cn1. The zero-order chi connectivity index (χ0) is 23.1. The second-order valence-electron chi connectivity index (χ2n) is 9.42. The van der Waals surface area contributed by atoms with Crippen molar-refractivity contribution in [3.05, 3.63) is 22.8 Å². The predicted molar refractivity (Wildman–Crippen MR) is 129 cm³/mol. The predicted octanol–water partition coefficient (Wildman–Crippen LogP) is 3.01. The van der Waals surface area contributed by atoms with Gasteiger partial charge in [0.25, 0.3) is 0 Å². The highest BCUT2D eigenvalue weighted by atomic mass is 32.1. The van der Waals surface area contributed by atoms with Crippen LogP contribution in [0.1, 0.15) is 42.5 Å². The lowest BCUT2D eigenvalue weighted by Gasteiger charge is -2.32. The maximum atomic E-state index is 11.9. The number of nitrogens with two attached hydrogens (primary N) is 1. The van der Waals surface area contributed by atoms with Gasteiger partial charge in [0.1, 0.15) is 10.9 Å². The first kappa shape index (κ1) is 22.1. The summed E-state index contributed by atoms with van der Waals surface area (Å²) in [5.41, 5.74) is 7.61. The summed E-state index contributed by atoms with van der Waals surface area (Å²) < 4.78 is 8.29. The largest absolute Gasteiger partial charge is 0.474 e. The Morgan fingerprint density at radius 2 is 2.03 bits per heavy atom. The van der Waals surface area contributed by atoms with E-state index in [0.29, 0.717) is 24.3 Å². The van der Waals surface area contributed by atoms with E-state index in [2.05, 4.69) is 29.4 Å². The number of carbonyl (C=O) groups is 1. The molecular formula is C23H31N7O2S. The van der Waals surface area contributed by atoms with Crippen molar-refractivity contribution < 1.29 is 9.53 Å². The third kappa shape index (κ3) is 4.54. The molecule has 1 fully saturated rings.